The molecule has 2 amide bonds. The Bertz CT molecular complexity index is 1160. The fraction of sp³-hybridized carbons (Fsp3) is 0. The Balaban J connectivity index is 1.92. The van der Waals surface area contributed by atoms with Gasteiger partial charge in [0.25, 0.3) is 5.69 Å². The molecule has 8 heteroatoms. The van der Waals surface area contributed by atoms with Crippen LogP contribution in [0.3, 0.4) is 0 Å². The number of rotatable bonds is 4. The zero-order valence-corrected chi connectivity index (χ0v) is 15.0. The number of carbonyl (C=O) groups excluding carboxylic acids is 1. The van der Waals surface area contributed by atoms with Gasteiger partial charge in [0.1, 0.15) is 5.69 Å². The summed E-state index contributed by atoms with van der Waals surface area (Å²) < 4.78 is 0.990. The standard InChI is InChI=1S/C21H14N4O4/c26-20-22-24(21(27)23(20)17-11-5-2-6-12-17)19(15-8-3-1-4-9-15)16-10-7-13-18(14-16)25(28)29/h1-14H/b24-19-. The van der Waals surface area contributed by atoms with Gasteiger partial charge in [0.15, 0.2) is 5.71 Å². The molecule has 0 spiro atoms. The molecule has 29 heavy (non-hydrogen) atoms. The summed E-state index contributed by atoms with van der Waals surface area (Å²) in [5.41, 5.74) is 1.53. The number of urea groups is 1. The molecular formula is C21H14N4O4. The van der Waals surface area contributed by atoms with E-state index in [1.165, 1.54) is 18.2 Å². The molecule has 0 bridgehead atoms. The monoisotopic (exact) mass is 386 g/mol. The van der Waals surface area contributed by atoms with Gasteiger partial charge in [-0.2, -0.15) is 4.79 Å². The molecule has 3 aromatic carbocycles. The quantitative estimate of drug-likeness (QED) is 0.391. The predicted octanol–water partition coefficient (Wildman–Crippen LogP) is 2.72. The summed E-state index contributed by atoms with van der Waals surface area (Å²) >= 11 is 0. The molecule has 0 saturated carbocycles. The van der Waals surface area contributed by atoms with E-state index in [2.05, 4.69) is 5.10 Å². The Morgan fingerprint density at radius 3 is 2.17 bits per heavy atom. The first-order valence-corrected chi connectivity index (χ1v) is 8.68. The highest BCUT2D eigenvalue weighted by atomic mass is 16.6. The summed E-state index contributed by atoms with van der Waals surface area (Å²) in [6.07, 6.45) is 0. The summed E-state index contributed by atoms with van der Waals surface area (Å²) in [5, 5.41) is 27.6. The molecule has 142 valence electrons. The van der Waals surface area contributed by atoms with Gasteiger partial charge in [-0.05, 0) is 17.2 Å². The average molecular weight is 386 g/mol. The molecule has 0 aliphatic carbocycles. The van der Waals surface area contributed by atoms with E-state index in [-0.39, 0.29) is 11.4 Å². The van der Waals surface area contributed by atoms with Gasteiger partial charge < -0.3 is 5.11 Å². The van der Waals surface area contributed by atoms with Crippen LogP contribution in [0.15, 0.2) is 90.0 Å². The van der Waals surface area contributed by atoms with Crippen molar-refractivity contribution < 1.29 is 19.5 Å². The van der Waals surface area contributed by atoms with Crippen LogP contribution in [-0.2, 0) is 0 Å². The number of amides is 2. The van der Waals surface area contributed by atoms with E-state index in [4.69, 9.17) is 0 Å². The van der Waals surface area contributed by atoms with Gasteiger partial charge in [-0.3, -0.25) is 10.1 Å². The third-order valence-corrected chi connectivity index (χ3v) is 4.35. The number of hydrogen-bond acceptors (Lipinski definition) is 5. The summed E-state index contributed by atoms with van der Waals surface area (Å²) in [6, 6.07) is 21.7. The number of para-hydroxylation sites is 1. The highest BCUT2D eigenvalue weighted by Gasteiger charge is 2.39. The molecule has 3 aromatic rings. The molecule has 1 heterocycles. The normalized spacial score (nSPS) is 15.2. The molecule has 0 aromatic heterocycles. The first-order valence-electron chi connectivity index (χ1n) is 8.68. The second kappa shape index (κ2) is 7.35. The zero-order chi connectivity index (χ0) is 20.4. The number of nitro benzene ring substituents is 1. The molecule has 0 unspecified atom stereocenters. The van der Waals surface area contributed by atoms with Gasteiger partial charge in [0, 0.05) is 23.3 Å². The van der Waals surface area contributed by atoms with Crippen molar-refractivity contribution in [2.24, 2.45) is 5.10 Å². The van der Waals surface area contributed by atoms with E-state index in [0.29, 0.717) is 16.8 Å². The van der Waals surface area contributed by atoms with Crippen molar-refractivity contribution in [3.8, 4) is 0 Å². The van der Waals surface area contributed by atoms with Crippen molar-refractivity contribution in [1.29, 1.82) is 0 Å². The fourth-order valence-electron chi connectivity index (χ4n) is 3.07. The Labute approximate surface area is 165 Å². The highest BCUT2D eigenvalue weighted by Crippen LogP contribution is 2.22. The molecule has 1 aliphatic heterocycles. The summed E-state index contributed by atoms with van der Waals surface area (Å²) in [4.78, 5) is 24.8. The van der Waals surface area contributed by atoms with Crippen LogP contribution in [0.5, 0.6) is 0 Å². The minimum absolute atomic E-state index is 0.131. The second-order valence-corrected chi connectivity index (χ2v) is 6.17. The third kappa shape index (κ3) is 3.34. The van der Waals surface area contributed by atoms with Crippen LogP contribution in [0.4, 0.5) is 16.2 Å². The SMILES string of the molecule is O=C1N(c2ccccc2)C([O-])=N/[N+]1=C(/c1ccccc1)c1cccc([N+](=O)[O-])c1. The Morgan fingerprint density at radius 2 is 1.52 bits per heavy atom. The maximum Gasteiger partial charge on any atom is 0.530 e. The Hall–Kier alpha value is -4.33. The van der Waals surface area contributed by atoms with Crippen LogP contribution >= 0.6 is 0 Å². The number of hydrogen-bond donors (Lipinski definition) is 0. The number of non-ortho nitro benzene ring substituents is 1. The fourth-order valence-corrected chi connectivity index (χ4v) is 3.07. The van der Waals surface area contributed by atoms with Crippen molar-refractivity contribution in [3.63, 3.8) is 0 Å². The van der Waals surface area contributed by atoms with Crippen LogP contribution in [-0.4, -0.2) is 27.4 Å². The number of anilines is 1. The van der Waals surface area contributed by atoms with Gasteiger partial charge in [-0.15, -0.1) is 4.90 Å². The third-order valence-electron chi connectivity index (χ3n) is 4.35. The summed E-state index contributed by atoms with van der Waals surface area (Å²) in [7, 11) is 0. The molecule has 4 rings (SSSR count). The van der Waals surface area contributed by atoms with E-state index in [9.17, 15) is 20.0 Å². The molecular weight excluding hydrogens is 372 g/mol. The lowest BCUT2D eigenvalue weighted by atomic mass is 10.0. The molecule has 0 fully saturated rings. The molecule has 0 atom stereocenters. The van der Waals surface area contributed by atoms with Crippen molar-refractivity contribution in [2.75, 3.05) is 4.90 Å². The number of nitrogens with zero attached hydrogens (tertiary/aromatic N) is 4. The largest absolute Gasteiger partial charge is 0.824 e. The van der Waals surface area contributed by atoms with Gasteiger partial charge in [-0.25, -0.2) is 0 Å². The van der Waals surface area contributed by atoms with Crippen molar-refractivity contribution in [1.82, 2.24) is 0 Å². The number of hydrazone groups is 1. The van der Waals surface area contributed by atoms with E-state index < -0.39 is 17.0 Å². The average Bonchev–Trinajstić information content (AvgIpc) is 3.03. The summed E-state index contributed by atoms with van der Waals surface area (Å²) in [5.74, 6) is 0. The Kier molecular flexibility index (Phi) is 4.58. The first kappa shape index (κ1) is 18.1. The van der Waals surface area contributed by atoms with Crippen molar-refractivity contribution in [3.05, 3.63) is 106 Å². The first-order chi connectivity index (χ1) is 14.1. The lowest BCUT2D eigenvalue weighted by Gasteiger charge is -2.11. The molecule has 8 nitrogen and oxygen atoms in total. The minimum Gasteiger partial charge on any atom is -0.824 e. The zero-order valence-electron chi connectivity index (χ0n) is 15.0. The number of carbonyl (C=O) groups is 1. The van der Waals surface area contributed by atoms with Crippen LogP contribution in [0.2, 0.25) is 0 Å². The number of benzene rings is 3. The maximum absolute atomic E-state index is 13.1. The second-order valence-electron chi connectivity index (χ2n) is 6.17. The predicted molar refractivity (Wildman–Crippen MR) is 105 cm³/mol. The van der Waals surface area contributed by atoms with Crippen LogP contribution in [0.1, 0.15) is 11.1 Å². The maximum atomic E-state index is 13.1. The molecule has 0 radical (unpaired) electrons. The van der Waals surface area contributed by atoms with Crippen LogP contribution < -0.4 is 10.0 Å². The van der Waals surface area contributed by atoms with E-state index in [1.54, 1.807) is 66.7 Å². The van der Waals surface area contributed by atoms with E-state index in [0.717, 1.165) is 9.58 Å². The molecule has 1 aliphatic rings. The highest BCUT2D eigenvalue weighted by molar-refractivity contribution is 6.17. The van der Waals surface area contributed by atoms with E-state index >= 15 is 0 Å². The van der Waals surface area contributed by atoms with Gasteiger partial charge in [0.2, 0.25) is 6.02 Å². The summed E-state index contributed by atoms with van der Waals surface area (Å²) in [6.45, 7) is 0. The van der Waals surface area contributed by atoms with Gasteiger partial charge in [-0.1, -0.05) is 65.3 Å². The minimum atomic E-state index is -0.736. The van der Waals surface area contributed by atoms with Crippen LogP contribution in [0.25, 0.3) is 0 Å². The topological polar surface area (TPSA) is 102 Å². The van der Waals surface area contributed by atoms with Crippen LogP contribution in [0, 0.1) is 10.1 Å². The van der Waals surface area contributed by atoms with Crippen molar-refractivity contribution in [2.45, 2.75) is 0 Å². The molecule has 0 saturated heterocycles. The Morgan fingerprint density at radius 1 is 0.897 bits per heavy atom. The lowest BCUT2D eigenvalue weighted by molar-refractivity contribution is -0.427. The molecule has 0 N–H and O–H groups in total. The number of amidine groups is 1. The van der Waals surface area contributed by atoms with Gasteiger partial charge >= 0.3 is 6.03 Å². The smallest absolute Gasteiger partial charge is 0.530 e. The van der Waals surface area contributed by atoms with Gasteiger partial charge in [0.05, 0.1) is 4.92 Å². The van der Waals surface area contributed by atoms with E-state index in [1.807, 2.05) is 0 Å². The lowest BCUT2D eigenvalue weighted by Crippen LogP contribution is -2.40. The van der Waals surface area contributed by atoms with Crippen molar-refractivity contribution >= 4 is 29.1 Å². The number of nitro groups is 1.